The second kappa shape index (κ2) is 7.84. The molecule has 0 aliphatic rings. The molecule has 4 N–H and O–H groups in total. The summed E-state index contributed by atoms with van der Waals surface area (Å²) in [6.45, 7) is 3.04. The molecule has 0 spiro atoms. The Morgan fingerprint density at radius 3 is 2.72 bits per heavy atom. The fourth-order valence-electron chi connectivity index (χ4n) is 2.18. The lowest BCUT2D eigenvalue weighted by Crippen LogP contribution is -2.31. The van der Waals surface area contributed by atoms with Crippen LogP contribution in [0.15, 0.2) is 24.3 Å². The van der Waals surface area contributed by atoms with Crippen molar-refractivity contribution in [3.8, 4) is 0 Å². The first kappa shape index (κ1) is 14.7. The van der Waals surface area contributed by atoms with Crippen molar-refractivity contribution in [2.75, 3.05) is 13.6 Å². The van der Waals surface area contributed by atoms with Gasteiger partial charge in [0.15, 0.2) is 0 Å². The summed E-state index contributed by atoms with van der Waals surface area (Å²) in [6, 6.07) is 8.32. The number of rotatable bonds is 7. The SMILES string of the molecule is CCC(CC(=O)NN)c1ccccc1CCNC. The van der Waals surface area contributed by atoms with Gasteiger partial charge in [-0.05, 0) is 43.5 Å². The number of hydrogen-bond acceptors (Lipinski definition) is 3. The predicted octanol–water partition coefficient (Wildman–Crippen LogP) is 1.32. The summed E-state index contributed by atoms with van der Waals surface area (Å²) in [4.78, 5) is 11.4. The van der Waals surface area contributed by atoms with Crippen LogP contribution in [0.2, 0.25) is 0 Å². The van der Waals surface area contributed by atoms with Crippen LogP contribution in [0.3, 0.4) is 0 Å². The average Bonchev–Trinajstić information content (AvgIpc) is 2.42. The second-order valence-corrected chi connectivity index (χ2v) is 4.43. The zero-order valence-electron chi connectivity index (χ0n) is 11.2. The Balaban J connectivity index is 2.86. The first-order valence-electron chi connectivity index (χ1n) is 6.44. The highest BCUT2D eigenvalue weighted by molar-refractivity contribution is 5.76. The van der Waals surface area contributed by atoms with Crippen LogP contribution in [-0.2, 0) is 11.2 Å². The van der Waals surface area contributed by atoms with Crippen molar-refractivity contribution in [3.05, 3.63) is 35.4 Å². The lowest BCUT2D eigenvalue weighted by molar-refractivity contribution is -0.121. The van der Waals surface area contributed by atoms with Gasteiger partial charge in [-0.3, -0.25) is 10.2 Å². The molecule has 0 aromatic heterocycles. The van der Waals surface area contributed by atoms with E-state index in [2.05, 4.69) is 29.8 Å². The largest absolute Gasteiger partial charge is 0.319 e. The zero-order valence-corrected chi connectivity index (χ0v) is 11.2. The Hall–Kier alpha value is -1.39. The van der Waals surface area contributed by atoms with Crippen LogP contribution in [0.25, 0.3) is 0 Å². The maximum Gasteiger partial charge on any atom is 0.234 e. The number of carbonyl (C=O) groups is 1. The quantitative estimate of drug-likeness (QED) is 0.388. The zero-order chi connectivity index (χ0) is 13.4. The van der Waals surface area contributed by atoms with Crippen molar-refractivity contribution in [1.82, 2.24) is 10.7 Å². The predicted molar refractivity (Wildman–Crippen MR) is 74.1 cm³/mol. The van der Waals surface area contributed by atoms with E-state index in [1.165, 1.54) is 11.1 Å². The normalized spacial score (nSPS) is 12.2. The van der Waals surface area contributed by atoms with E-state index < -0.39 is 0 Å². The number of carbonyl (C=O) groups excluding carboxylic acids is 1. The minimum Gasteiger partial charge on any atom is -0.319 e. The number of hydrazine groups is 1. The molecule has 1 atom stereocenters. The van der Waals surface area contributed by atoms with Crippen molar-refractivity contribution < 1.29 is 4.79 Å². The lowest BCUT2D eigenvalue weighted by atomic mass is 9.88. The molecule has 0 heterocycles. The van der Waals surface area contributed by atoms with Gasteiger partial charge in [-0.15, -0.1) is 0 Å². The van der Waals surface area contributed by atoms with Crippen LogP contribution in [0, 0.1) is 0 Å². The molecule has 1 aromatic rings. The van der Waals surface area contributed by atoms with Gasteiger partial charge in [-0.25, -0.2) is 5.84 Å². The van der Waals surface area contributed by atoms with Gasteiger partial charge in [0, 0.05) is 6.42 Å². The molecule has 1 aromatic carbocycles. The van der Waals surface area contributed by atoms with Gasteiger partial charge in [0.1, 0.15) is 0 Å². The van der Waals surface area contributed by atoms with Crippen molar-refractivity contribution in [2.24, 2.45) is 5.84 Å². The van der Waals surface area contributed by atoms with Crippen molar-refractivity contribution in [2.45, 2.75) is 32.1 Å². The molecule has 0 aliphatic heterocycles. The molecule has 0 radical (unpaired) electrons. The maximum absolute atomic E-state index is 11.4. The van der Waals surface area contributed by atoms with E-state index in [-0.39, 0.29) is 11.8 Å². The topological polar surface area (TPSA) is 67.2 Å². The van der Waals surface area contributed by atoms with E-state index in [1.54, 1.807) is 0 Å². The minimum atomic E-state index is -0.106. The van der Waals surface area contributed by atoms with Crippen LogP contribution in [0.5, 0.6) is 0 Å². The third-order valence-electron chi connectivity index (χ3n) is 3.22. The van der Waals surface area contributed by atoms with Crippen molar-refractivity contribution in [3.63, 3.8) is 0 Å². The molecule has 0 aliphatic carbocycles. The van der Waals surface area contributed by atoms with Gasteiger partial charge in [-0.1, -0.05) is 31.2 Å². The third-order valence-corrected chi connectivity index (χ3v) is 3.22. The molecule has 1 unspecified atom stereocenters. The third kappa shape index (κ3) is 4.13. The Labute approximate surface area is 109 Å². The van der Waals surface area contributed by atoms with Crippen LogP contribution >= 0.6 is 0 Å². The van der Waals surface area contributed by atoms with E-state index in [4.69, 9.17) is 5.84 Å². The molecular formula is C14H23N3O. The summed E-state index contributed by atoms with van der Waals surface area (Å²) in [6.07, 6.45) is 2.36. The smallest absolute Gasteiger partial charge is 0.234 e. The molecule has 100 valence electrons. The molecule has 0 saturated heterocycles. The number of benzene rings is 1. The van der Waals surface area contributed by atoms with Gasteiger partial charge in [0.2, 0.25) is 5.91 Å². The number of amides is 1. The summed E-state index contributed by atoms with van der Waals surface area (Å²) >= 11 is 0. The van der Waals surface area contributed by atoms with E-state index in [0.29, 0.717) is 6.42 Å². The molecule has 0 saturated carbocycles. The fourth-order valence-corrected chi connectivity index (χ4v) is 2.18. The molecule has 18 heavy (non-hydrogen) atoms. The van der Waals surface area contributed by atoms with Crippen LogP contribution in [0.4, 0.5) is 0 Å². The molecule has 1 amide bonds. The minimum absolute atomic E-state index is 0.106. The summed E-state index contributed by atoms with van der Waals surface area (Å²) in [7, 11) is 1.95. The maximum atomic E-state index is 11.4. The number of nitrogens with one attached hydrogen (secondary N) is 2. The highest BCUT2D eigenvalue weighted by Crippen LogP contribution is 2.26. The second-order valence-electron chi connectivity index (χ2n) is 4.43. The van der Waals surface area contributed by atoms with Gasteiger partial charge in [0.05, 0.1) is 0 Å². The average molecular weight is 249 g/mol. The van der Waals surface area contributed by atoms with E-state index in [9.17, 15) is 4.79 Å². The number of hydrogen-bond donors (Lipinski definition) is 3. The van der Waals surface area contributed by atoms with Crippen LogP contribution in [-0.4, -0.2) is 19.5 Å². The first-order valence-corrected chi connectivity index (χ1v) is 6.44. The highest BCUT2D eigenvalue weighted by atomic mass is 16.2. The summed E-state index contributed by atoms with van der Waals surface area (Å²) < 4.78 is 0. The summed E-state index contributed by atoms with van der Waals surface area (Å²) in [5.41, 5.74) is 4.78. The first-order chi connectivity index (χ1) is 8.72. The standard InChI is InChI=1S/C14H23N3O/c1-3-11(10-14(18)17-15)13-7-5-4-6-12(13)8-9-16-2/h4-7,11,16H,3,8-10,15H2,1-2H3,(H,17,18). The Bertz CT molecular complexity index is 379. The fraction of sp³-hybridized carbons (Fsp3) is 0.500. The highest BCUT2D eigenvalue weighted by Gasteiger charge is 2.16. The number of nitrogens with two attached hydrogens (primary N) is 1. The van der Waals surface area contributed by atoms with Gasteiger partial charge >= 0.3 is 0 Å². The van der Waals surface area contributed by atoms with E-state index >= 15 is 0 Å². The van der Waals surface area contributed by atoms with Gasteiger partial charge in [0.25, 0.3) is 0 Å². The van der Waals surface area contributed by atoms with Crippen LogP contribution in [0.1, 0.15) is 36.8 Å². The molecule has 4 heteroatoms. The Kier molecular flexibility index (Phi) is 6.39. The Morgan fingerprint density at radius 2 is 2.11 bits per heavy atom. The molecule has 0 bridgehead atoms. The van der Waals surface area contributed by atoms with Gasteiger partial charge in [-0.2, -0.15) is 0 Å². The number of likely N-dealkylation sites (N-methyl/N-ethyl adjacent to an activating group) is 1. The Morgan fingerprint density at radius 1 is 1.39 bits per heavy atom. The summed E-state index contributed by atoms with van der Waals surface area (Å²) in [5, 5.41) is 3.15. The van der Waals surface area contributed by atoms with Crippen molar-refractivity contribution >= 4 is 5.91 Å². The molecule has 1 rings (SSSR count). The van der Waals surface area contributed by atoms with Gasteiger partial charge < -0.3 is 5.32 Å². The summed E-state index contributed by atoms with van der Waals surface area (Å²) in [5.74, 6) is 5.29. The van der Waals surface area contributed by atoms with E-state index in [0.717, 1.165) is 19.4 Å². The lowest BCUT2D eigenvalue weighted by Gasteiger charge is -2.18. The molecular weight excluding hydrogens is 226 g/mol. The molecule has 4 nitrogen and oxygen atoms in total. The monoisotopic (exact) mass is 249 g/mol. The van der Waals surface area contributed by atoms with Crippen LogP contribution < -0.4 is 16.6 Å². The van der Waals surface area contributed by atoms with Crippen molar-refractivity contribution in [1.29, 1.82) is 0 Å². The molecule has 0 fully saturated rings. The van der Waals surface area contributed by atoms with E-state index in [1.807, 2.05) is 19.2 Å².